The van der Waals surface area contributed by atoms with Crippen LogP contribution in [0.3, 0.4) is 0 Å². The Kier molecular flexibility index (Phi) is 5.92. The van der Waals surface area contributed by atoms with E-state index in [2.05, 4.69) is 42.2 Å². The maximum Gasteiger partial charge on any atom is 0.271 e. The Hall–Kier alpha value is -1.45. The average molecular weight is 447 g/mol. The van der Waals surface area contributed by atoms with E-state index in [9.17, 15) is 14.9 Å². The molecule has 0 fully saturated rings. The Bertz CT molecular complexity index is 690. The van der Waals surface area contributed by atoms with Gasteiger partial charge in [-0.15, -0.1) is 0 Å². The molecule has 0 unspecified atom stereocenters. The van der Waals surface area contributed by atoms with Crippen LogP contribution in [-0.4, -0.2) is 21.6 Å². The SMILES string of the molecule is O=C(CSc1ccccn1)Nc1c(Br)cc([N+](=O)[O-])cc1Br. The number of aromatic nitrogens is 1. The maximum atomic E-state index is 12.0. The quantitative estimate of drug-likeness (QED) is 0.421. The maximum absolute atomic E-state index is 12.0. The number of nitro groups is 1. The second kappa shape index (κ2) is 7.70. The van der Waals surface area contributed by atoms with Crippen molar-refractivity contribution in [2.24, 2.45) is 0 Å². The van der Waals surface area contributed by atoms with Gasteiger partial charge in [0.25, 0.3) is 5.69 Å². The highest BCUT2D eigenvalue weighted by atomic mass is 79.9. The lowest BCUT2D eigenvalue weighted by Gasteiger charge is -2.09. The Balaban J connectivity index is 2.04. The van der Waals surface area contributed by atoms with E-state index in [0.717, 1.165) is 5.03 Å². The third-order valence-corrected chi connectivity index (χ3v) is 4.69. The summed E-state index contributed by atoms with van der Waals surface area (Å²) in [6.45, 7) is 0. The molecule has 1 aromatic heterocycles. The van der Waals surface area contributed by atoms with E-state index in [1.54, 1.807) is 12.3 Å². The van der Waals surface area contributed by atoms with Crippen LogP contribution < -0.4 is 5.32 Å². The van der Waals surface area contributed by atoms with Crippen molar-refractivity contribution >= 4 is 60.9 Å². The summed E-state index contributed by atoms with van der Waals surface area (Å²) in [4.78, 5) is 26.3. The first kappa shape index (κ1) is 16.9. The number of non-ortho nitro benzene ring substituents is 1. The minimum absolute atomic E-state index is 0.0698. The van der Waals surface area contributed by atoms with Crippen molar-refractivity contribution in [3.8, 4) is 0 Å². The Morgan fingerprint density at radius 1 is 1.32 bits per heavy atom. The number of anilines is 1. The molecule has 1 heterocycles. The summed E-state index contributed by atoms with van der Waals surface area (Å²) in [6, 6.07) is 8.14. The van der Waals surface area contributed by atoms with E-state index in [-0.39, 0.29) is 17.3 Å². The summed E-state index contributed by atoms with van der Waals surface area (Å²) >= 11 is 7.75. The van der Waals surface area contributed by atoms with E-state index in [4.69, 9.17) is 0 Å². The second-order valence-corrected chi connectivity index (χ2v) is 6.75. The molecule has 114 valence electrons. The number of nitrogens with one attached hydrogen (secondary N) is 1. The number of hydrogen-bond donors (Lipinski definition) is 1. The number of halogens is 2. The lowest BCUT2D eigenvalue weighted by molar-refractivity contribution is -0.385. The molecule has 22 heavy (non-hydrogen) atoms. The van der Waals surface area contributed by atoms with Crippen molar-refractivity contribution in [2.45, 2.75) is 5.03 Å². The molecular weight excluding hydrogens is 438 g/mol. The largest absolute Gasteiger partial charge is 0.323 e. The predicted molar refractivity (Wildman–Crippen MR) is 92.1 cm³/mol. The van der Waals surface area contributed by atoms with E-state index in [1.165, 1.54) is 23.9 Å². The van der Waals surface area contributed by atoms with Crippen LogP contribution in [0.1, 0.15) is 0 Å². The number of nitrogens with zero attached hydrogens (tertiary/aromatic N) is 2. The fraction of sp³-hybridized carbons (Fsp3) is 0.0769. The molecule has 2 aromatic rings. The number of hydrogen-bond acceptors (Lipinski definition) is 5. The molecule has 1 N–H and O–H groups in total. The van der Waals surface area contributed by atoms with Crippen LogP contribution in [0, 0.1) is 10.1 Å². The molecular formula is C13H9Br2N3O3S. The first-order valence-electron chi connectivity index (χ1n) is 5.94. The molecule has 0 saturated heterocycles. The summed E-state index contributed by atoms with van der Waals surface area (Å²) in [5.74, 6) is -0.0433. The van der Waals surface area contributed by atoms with E-state index < -0.39 is 4.92 Å². The molecule has 9 heteroatoms. The number of benzene rings is 1. The molecule has 0 saturated carbocycles. The van der Waals surface area contributed by atoms with Gasteiger partial charge in [-0.3, -0.25) is 14.9 Å². The minimum Gasteiger partial charge on any atom is -0.323 e. The van der Waals surface area contributed by atoms with Crippen LogP contribution in [0.2, 0.25) is 0 Å². The van der Waals surface area contributed by atoms with Crippen LogP contribution >= 0.6 is 43.6 Å². The molecule has 0 bridgehead atoms. The zero-order chi connectivity index (χ0) is 16.1. The number of rotatable bonds is 5. The van der Waals surface area contributed by atoms with Gasteiger partial charge in [0.1, 0.15) is 0 Å². The van der Waals surface area contributed by atoms with Gasteiger partial charge in [-0.2, -0.15) is 0 Å². The average Bonchev–Trinajstić information content (AvgIpc) is 2.49. The van der Waals surface area contributed by atoms with E-state index in [1.807, 2.05) is 12.1 Å². The first-order valence-corrected chi connectivity index (χ1v) is 8.51. The van der Waals surface area contributed by atoms with Gasteiger partial charge in [-0.1, -0.05) is 17.8 Å². The molecule has 6 nitrogen and oxygen atoms in total. The third kappa shape index (κ3) is 4.52. The standard InChI is InChI=1S/C13H9Br2N3O3S/c14-9-5-8(18(20)21)6-10(15)13(9)17-11(19)7-22-12-3-1-2-4-16-12/h1-6H,7H2,(H,17,19). The Morgan fingerprint density at radius 2 is 2.00 bits per heavy atom. The summed E-state index contributed by atoms with van der Waals surface area (Å²) in [6.07, 6.45) is 1.66. The summed E-state index contributed by atoms with van der Waals surface area (Å²) in [7, 11) is 0. The van der Waals surface area contributed by atoms with Gasteiger partial charge in [0.15, 0.2) is 0 Å². The highest BCUT2D eigenvalue weighted by molar-refractivity contribution is 9.11. The van der Waals surface area contributed by atoms with Crippen molar-refractivity contribution in [1.29, 1.82) is 0 Å². The van der Waals surface area contributed by atoms with Crippen molar-refractivity contribution in [3.63, 3.8) is 0 Å². The van der Waals surface area contributed by atoms with Crippen LogP contribution in [0.25, 0.3) is 0 Å². The van der Waals surface area contributed by atoms with Crippen molar-refractivity contribution in [1.82, 2.24) is 4.98 Å². The summed E-state index contributed by atoms with van der Waals surface area (Å²) < 4.78 is 0.870. The molecule has 0 aliphatic heterocycles. The number of carbonyl (C=O) groups is 1. The molecule has 0 radical (unpaired) electrons. The Labute approximate surface area is 147 Å². The highest BCUT2D eigenvalue weighted by Gasteiger charge is 2.16. The lowest BCUT2D eigenvalue weighted by atomic mass is 10.3. The lowest BCUT2D eigenvalue weighted by Crippen LogP contribution is -2.15. The summed E-state index contributed by atoms with van der Waals surface area (Å²) in [5, 5.41) is 14.2. The fourth-order valence-corrected chi connectivity index (χ4v) is 3.55. The van der Waals surface area contributed by atoms with Crippen molar-refractivity contribution in [3.05, 3.63) is 55.6 Å². The molecule has 0 aliphatic carbocycles. The van der Waals surface area contributed by atoms with Crippen LogP contribution in [0.5, 0.6) is 0 Å². The molecule has 0 spiro atoms. The normalized spacial score (nSPS) is 10.3. The Morgan fingerprint density at radius 3 is 2.55 bits per heavy atom. The molecule has 0 atom stereocenters. The van der Waals surface area contributed by atoms with Crippen LogP contribution in [0.4, 0.5) is 11.4 Å². The molecule has 2 rings (SSSR count). The van der Waals surface area contributed by atoms with Gasteiger partial charge in [0.05, 0.1) is 21.4 Å². The zero-order valence-corrected chi connectivity index (χ0v) is 14.9. The molecule has 1 amide bonds. The number of amides is 1. The van der Waals surface area contributed by atoms with E-state index >= 15 is 0 Å². The minimum atomic E-state index is -0.502. The van der Waals surface area contributed by atoms with Crippen molar-refractivity contribution in [2.75, 3.05) is 11.1 Å². The number of carbonyl (C=O) groups excluding carboxylic acids is 1. The molecule has 0 aliphatic rings. The van der Waals surface area contributed by atoms with E-state index in [0.29, 0.717) is 14.6 Å². The number of nitro benzene ring substituents is 1. The van der Waals surface area contributed by atoms with Gasteiger partial charge >= 0.3 is 0 Å². The second-order valence-electron chi connectivity index (χ2n) is 4.05. The fourth-order valence-electron chi connectivity index (χ4n) is 1.53. The topological polar surface area (TPSA) is 85.1 Å². The van der Waals surface area contributed by atoms with Crippen molar-refractivity contribution < 1.29 is 9.72 Å². The monoisotopic (exact) mass is 445 g/mol. The van der Waals surface area contributed by atoms with Gasteiger partial charge in [-0.05, 0) is 44.0 Å². The highest BCUT2D eigenvalue weighted by Crippen LogP contribution is 2.35. The van der Waals surface area contributed by atoms with Crippen LogP contribution in [0.15, 0.2) is 50.5 Å². The number of thioether (sulfide) groups is 1. The first-order chi connectivity index (χ1) is 10.5. The third-order valence-electron chi connectivity index (χ3n) is 2.49. The van der Waals surface area contributed by atoms with Gasteiger partial charge in [0.2, 0.25) is 5.91 Å². The van der Waals surface area contributed by atoms with Crippen LogP contribution in [-0.2, 0) is 4.79 Å². The number of pyridine rings is 1. The van der Waals surface area contributed by atoms with Gasteiger partial charge in [0, 0.05) is 27.3 Å². The van der Waals surface area contributed by atoms with Gasteiger partial charge < -0.3 is 5.32 Å². The molecule has 1 aromatic carbocycles. The zero-order valence-electron chi connectivity index (χ0n) is 11.0. The summed E-state index contributed by atoms with van der Waals surface area (Å²) in [5.41, 5.74) is 0.386. The predicted octanol–water partition coefficient (Wildman–Crippen LogP) is 4.25. The smallest absolute Gasteiger partial charge is 0.271 e. The van der Waals surface area contributed by atoms with Gasteiger partial charge in [-0.25, -0.2) is 4.98 Å².